The standard InChI is InChI=1S/C6H14O2/c1-5(4-7)6(2,3)8/h5,7-8H,4H2,1-3H3. The summed E-state index contributed by atoms with van der Waals surface area (Å²) in [5.41, 5.74) is -0.741. The Bertz CT molecular complexity index is 63.4. The summed E-state index contributed by atoms with van der Waals surface area (Å²) >= 11 is 0. The number of aliphatic hydroxyl groups excluding tert-OH is 1. The van der Waals surface area contributed by atoms with Crippen LogP contribution in [0.5, 0.6) is 0 Å². The van der Waals surface area contributed by atoms with E-state index >= 15 is 0 Å². The van der Waals surface area contributed by atoms with Gasteiger partial charge in [0.15, 0.2) is 0 Å². The molecular formula is C6H14O2. The van der Waals surface area contributed by atoms with Crippen LogP contribution >= 0.6 is 0 Å². The van der Waals surface area contributed by atoms with Crippen molar-refractivity contribution in [3.63, 3.8) is 0 Å². The molecule has 2 N–H and O–H groups in total. The van der Waals surface area contributed by atoms with Gasteiger partial charge in [0.2, 0.25) is 0 Å². The van der Waals surface area contributed by atoms with Crippen molar-refractivity contribution in [3.8, 4) is 0 Å². The van der Waals surface area contributed by atoms with Crippen molar-refractivity contribution >= 4 is 0 Å². The second-order valence-electron chi connectivity index (χ2n) is 2.74. The molecular weight excluding hydrogens is 104 g/mol. The Morgan fingerprint density at radius 1 is 1.50 bits per heavy atom. The van der Waals surface area contributed by atoms with Crippen molar-refractivity contribution < 1.29 is 10.2 Å². The molecule has 2 nitrogen and oxygen atoms in total. The zero-order valence-corrected chi connectivity index (χ0v) is 5.68. The van der Waals surface area contributed by atoms with Gasteiger partial charge in [0.1, 0.15) is 0 Å². The average Bonchev–Trinajstić information content (AvgIpc) is 1.62. The van der Waals surface area contributed by atoms with E-state index in [1.54, 1.807) is 20.8 Å². The minimum Gasteiger partial charge on any atom is -0.396 e. The van der Waals surface area contributed by atoms with E-state index < -0.39 is 5.60 Å². The number of rotatable bonds is 2. The van der Waals surface area contributed by atoms with Gasteiger partial charge in [-0.3, -0.25) is 0 Å². The normalized spacial score (nSPS) is 16.1. The summed E-state index contributed by atoms with van der Waals surface area (Å²) < 4.78 is 0. The maximum Gasteiger partial charge on any atom is 0.0639 e. The third-order valence-electron chi connectivity index (χ3n) is 1.48. The molecule has 0 aromatic heterocycles. The fraction of sp³-hybridized carbons (Fsp3) is 1.00. The first-order chi connectivity index (χ1) is 3.48. The molecule has 0 radical (unpaired) electrons. The number of aliphatic hydroxyl groups is 2. The molecule has 0 saturated carbocycles. The first-order valence-electron chi connectivity index (χ1n) is 2.81. The molecule has 0 aliphatic carbocycles. The van der Waals surface area contributed by atoms with Crippen LogP contribution in [0.3, 0.4) is 0 Å². The first-order valence-corrected chi connectivity index (χ1v) is 2.81. The van der Waals surface area contributed by atoms with Crippen LogP contribution in [-0.4, -0.2) is 22.4 Å². The van der Waals surface area contributed by atoms with Crippen LogP contribution in [0.15, 0.2) is 0 Å². The fourth-order valence-electron chi connectivity index (χ4n) is 0.223. The summed E-state index contributed by atoms with van der Waals surface area (Å²) in [6, 6.07) is 0. The lowest BCUT2D eigenvalue weighted by atomic mass is 9.94. The van der Waals surface area contributed by atoms with E-state index in [0.717, 1.165) is 0 Å². The molecule has 0 bridgehead atoms. The molecule has 0 aromatic carbocycles. The lowest BCUT2D eigenvalue weighted by Gasteiger charge is -2.23. The van der Waals surface area contributed by atoms with E-state index in [1.165, 1.54) is 0 Å². The Hall–Kier alpha value is -0.0800. The molecule has 0 rings (SSSR count). The Balaban J connectivity index is 3.62. The Kier molecular flexibility index (Phi) is 2.44. The zero-order chi connectivity index (χ0) is 6.78. The van der Waals surface area contributed by atoms with Gasteiger partial charge in [-0.2, -0.15) is 0 Å². The molecule has 2 heteroatoms. The van der Waals surface area contributed by atoms with Gasteiger partial charge in [0.25, 0.3) is 0 Å². The highest BCUT2D eigenvalue weighted by molar-refractivity contribution is 4.71. The highest BCUT2D eigenvalue weighted by Crippen LogP contribution is 2.13. The van der Waals surface area contributed by atoms with Gasteiger partial charge in [-0.05, 0) is 13.8 Å². The quantitative estimate of drug-likeness (QED) is 0.550. The van der Waals surface area contributed by atoms with Crippen molar-refractivity contribution in [3.05, 3.63) is 0 Å². The second-order valence-corrected chi connectivity index (χ2v) is 2.74. The van der Waals surface area contributed by atoms with Crippen LogP contribution in [0.4, 0.5) is 0 Å². The van der Waals surface area contributed by atoms with Gasteiger partial charge in [-0.25, -0.2) is 0 Å². The maximum absolute atomic E-state index is 9.13. The summed E-state index contributed by atoms with van der Waals surface area (Å²) in [5, 5.41) is 17.6. The lowest BCUT2D eigenvalue weighted by Crippen LogP contribution is -2.30. The van der Waals surface area contributed by atoms with Gasteiger partial charge >= 0.3 is 0 Å². The molecule has 50 valence electrons. The van der Waals surface area contributed by atoms with Crippen molar-refractivity contribution in [1.82, 2.24) is 0 Å². The molecule has 1 unspecified atom stereocenters. The molecule has 1 atom stereocenters. The van der Waals surface area contributed by atoms with Gasteiger partial charge in [-0.15, -0.1) is 0 Å². The van der Waals surface area contributed by atoms with Crippen molar-refractivity contribution in [2.24, 2.45) is 5.92 Å². The highest BCUT2D eigenvalue weighted by Gasteiger charge is 2.20. The summed E-state index contributed by atoms with van der Waals surface area (Å²) in [5.74, 6) is -0.0394. The largest absolute Gasteiger partial charge is 0.396 e. The lowest BCUT2D eigenvalue weighted by molar-refractivity contribution is 0.000239. The molecule has 0 saturated heterocycles. The van der Waals surface area contributed by atoms with Crippen LogP contribution in [0, 0.1) is 5.92 Å². The molecule has 0 amide bonds. The van der Waals surface area contributed by atoms with Gasteiger partial charge in [0.05, 0.1) is 5.60 Å². The summed E-state index contributed by atoms with van der Waals surface area (Å²) in [7, 11) is 0. The summed E-state index contributed by atoms with van der Waals surface area (Å²) in [6.07, 6.45) is 0. The van der Waals surface area contributed by atoms with Crippen LogP contribution in [-0.2, 0) is 0 Å². The monoisotopic (exact) mass is 118 g/mol. The van der Waals surface area contributed by atoms with Gasteiger partial charge < -0.3 is 10.2 Å². The highest BCUT2D eigenvalue weighted by atomic mass is 16.3. The van der Waals surface area contributed by atoms with E-state index in [-0.39, 0.29) is 12.5 Å². The number of hydrogen-bond acceptors (Lipinski definition) is 2. The third-order valence-corrected chi connectivity index (χ3v) is 1.48. The molecule has 0 aliphatic rings. The van der Waals surface area contributed by atoms with E-state index in [2.05, 4.69) is 0 Å². The molecule has 0 spiro atoms. The second kappa shape index (κ2) is 2.46. The molecule has 0 fully saturated rings. The van der Waals surface area contributed by atoms with Crippen molar-refractivity contribution in [1.29, 1.82) is 0 Å². The third kappa shape index (κ3) is 2.28. The average molecular weight is 118 g/mol. The summed E-state index contributed by atoms with van der Waals surface area (Å²) in [6.45, 7) is 5.23. The number of hydrogen-bond donors (Lipinski definition) is 2. The molecule has 0 heterocycles. The van der Waals surface area contributed by atoms with E-state index in [9.17, 15) is 0 Å². The maximum atomic E-state index is 9.13. The van der Waals surface area contributed by atoms with Crippen LogP contribution < -0.4 is 0 Å². The van der Waals surface area contributed by atoms with E-state index in [4.69, 9.17) is 10.2 Å². The Morgan fingerprint density at radius 3 is 1.88 bits per heavy atom. The van der Waals surface area contributed by atoms with Crippen LogP contribution in [0.2, 0.25) is 0 Å². The minimum absolute atomic E-state index is 0.0394. The predicted octanol–water partition coefficient (Wildman–Crippen LogP) is 0.386. The van der Waals surface area contributed by atoms with Gasteiger partial charge in [0, 0.05) is 12.5 Å². The fourth-order valence-corrected chi connectivity index (χ4v) is 0.223. The first kappa shape index (κ1) is 7.92. The summed E-state index contributed by atoms with van der Waals surface area (Å²) in [4.78, 5) is 0. The molecule has 0 aromatic rings. The zero-order valence-electron chi connectivity index (χ0n) is 5.68. The minimum atomic E-state index is -0.741. The Labute approximate surface area is 50.2 Å². The van der Waals surface area contributed by atoms with Crippen LogP contribution in [0.1, 0.15) is 20.8 Å². The smallest absolute Gasteiger partial charge is 0.0639 e. The van der Waals surface area contributed by atoms with E-state index in [1.807, 2.05) is 0 Å². The topological polar surface area (TPSA) is 40.5 Å². The van der Waals surface area contributed by atoms with Crippen molar-refractivity contribution in [2.75, 3.05) is 6.61 Å². The van der Waals surface area contributed by atoms with Crippen LogP contribution in [0.25, 0.3) is 0 Å². The predicted molar refractivity (Wildman–Crippen MR) is 32.5 cm³/mol. The molecule has 0 aliphatic heterocycles. The van der Waals surface area contributed by atoms with Gasteiger partial charge in [-0.1, -0.05) is 6.92 Å². The van der Waals surface area contributed by atoms with Crippen molar-refractivity contribution in [2.45, 2.75) is 26.4 Å². The molecule has 8 heavy (non-hydrogen) atoms. The SMILES string of the molecule is CC(CO)C(C)(C)O. The Morgan fingerprint density at radius 2 is 1.88 bits per heavy atom. The van der Waals surface area contributed by atoms with E-state index in [0.29, 0.717) is 0 Å².